The zero-order valence-electron chi connectivity index (χ0n) is 14.2. The summed E-state index contributed by atoms with van der Waals surface area (Å²) >= 11 is 6.82. The molecule has 3 aromatic rings. The van der Waals surface area contributed by atoms with Crippen LogP contribution >= 0.6 is 31.9 Å². The number of para-hydroxylation sites is 1. The number of carbonyl (C=O) groups excluding carboxylic acids is 1. The number of hydrogen-bond acceptors (Lipinski definition) is 3. The number of amides is 1. The van der Waals surface area contributed by atoms with Gasteiger partial charge in [0.2, 0.25) is 0 Å². The Labute approximate surface area is 174 Å². The molecule has 27 heavy (non-hydrogen) atoms. The number of benzene rings is 3. The molecule has 3 aromatic carbocycles. The molecule has 0 radical (unpaired) electrons. The van der Waals surface area contributed by atoms with Crippen molar-refractivity contribution >= 4 is 44.0 Å². The number of hydrogen-bond donors (Lipinski definition) is 1. The summed E-state index contributed by atoms with van der Waals surface area (Å²) in [7, 11) is 0. The van der Waals surface area contributed by atoms with Gasteiger partial charge in [0.05, 0.1) is 11.8 Å². The number of ether oxygens (including phenoxy) is 1. The minimum Gasteiger partial charge on any atom is -0.488 e. The van der Waals surface area contributed by atoms with E-state index < -0.39 is 0 Å². The van der Waals surface area contributed by atoms with Crippen LogP contribution in [-0.2, 0) is 6.61 Å². The predicted molar refractivity (Wildman–Crippen MR) is 114 cm³/mol. The van der Waals surface area contributed by atoms with E-state index in [1.807, 2.05) is 54.6 Å². The van der Waals surface area contributed by atoms with Gasteiger partial charge in [-0.25, -0.2) is 5.43 Å². The molecule has 0 aliphatic heterocycles. The average Bonchev–Trinajstić information content (AvgIpc) is 2.68. The molecule has 1 amide bonds. The van der Waals surface area contributed by atoms with E-state index >= 15 is 0 Å². The van der Waals surface area contributed by atoms with Gasteiger partial charge in [0.25, 0.3) is 5.91 Å². The van der Waals surface area contributed by atoms with Crippen molar-refractivity contribution in [3.05, 3.63) is 98.4 Å². The van der Waals surface area contributed by atoms with E-state index in [1.54, 1.807) is 24.4 Å². The lowest BCUT2D eigenvalue weighted by molar-refractivity contribution is 0.0950. The molecule has 0 aliphatic carbocycles. The zero-order valence-corrected chi connectivity index (χ0v) is 17.4. The second kappa shape index (κ2) is 9.48. The molecule has 0 aliphatic rings. The Morgan fingerprint density at radius 1 is 0.963 bits per heavy atom. The summed E-state index contributed by atoms with van der Waals surface area (Å²) in [6.45, 7) is 0.367. The van der Waals surface area contributed by atoms with Crippen LogP contribution in [0, 0.1) is 0 Å². The lowest BCUT2D eigenvalue weighted by Crippen LogP contribution is -2.18. The third kappa shape index (κ3) is 5.77. The number of nitrogens with zero attached hydrogens (tertiary/aromatic N) is 1. The van der Waals surface area contributed by atoms with Crippen LogP contribution in [0.1, 0.15) is 21.5 Å². The highest BCUT2D eigenvalue weighted by molar-refractivity contribution is 9.10. The molecule has 136 valence electrons. The molecule has 1 N–H and O–H groups in total. The maximum atomic E-state index is 12.5. The fraction of sp³-hybridized carbons (Fsp3) is 0.0476. The molecule has 6 heteroatoms. The lowest BCUT2D eigenvalue weighted by atomic mass is 10.2. The first-order chi connectivity index (χ1) is 13.1. The molecule has 0 bridgehead atoms. The standard InChI is InChI=1S/C21H16Br2N2O2/c22-17-10-8-15(9-11-17)13-24-25-21(26)19-6-1-2-7-20(19)27-14-16-4-3-5-18(23)12-16/h1-13H,14H2,(H,25,26)/b24-13-. The topological polar surface area (TPSA) is 50.7 Å². The van der Waals surface area contributed by atoms with Crippen molar-refractivity contribution in [2.45, 2.75) is 6.61 Å². The van der Waals surface area contributed by atoms with Gasteiger partial charge in [0.15, 0.2) is 0 Å². The van der Waals surface area contributed by atoms with E-state index in [2.05, 4.69) is 42.4 Å². The van der Waals surface area contributed by atoms with Crippen LogP contribution < -0.4 is 10.2 Å². The smallest absolute Gasteiger partial charge is 0.275 e. The predicted octanol–water partition coefficient (Wildman–Crippen LogP) is 5.55. The van der Waals surface area contributed by atoms with Gasteiger partial charge in [-0.2, -0.15) is 5.10 Å². The first-order valence-corrected chi connectivity index (χ1v) is 9.76. The quantitative estimate of drug-likeness (QED) is 0.365. The van der Waals surface area contributed by atoms with Crippen molar-refractivity contribution in [3.63, 3.8) is 0 Å². The molecule has 0 unspecified atom stereocenters. The average molecular weight is 488 g/mol. The molecule has 0 saturated carbocycles. The summed E-state index contributed by atoms with van der Waals surface area (Å²) in [6.07, 6.45) is 1.59. The van der Waals surface area contributed by atoms with Crippen LogP contribution in [0.2, 0.25) is 0 Å². The molecule has 3 rings (SSSR count). The molecule has 0 fully saturated rings. The minimum atomic E-state index is -0.326. The van der Waals surface area contributed by atoms with E-state index in [-0.39, 0.29) is 5.91 Å². The summed E-state index contributed by atoms with van der Waals surface area (Å²) in [6, 6.07) is 22.6. The Hall–Kier alpha value is -2.44. The second-order valence-electron chi connectivity index (χ2n) is 5.67. The van der Waals surface area contributed by atoms with Crippen LogP contribution in [0.3, 0.4) is 0 Å². The highest BCUT2D eigenvalue weighted by Gasteiger charge is 2.11. The van der Waals surface area contributed by atoms with E-state index in [9.17, 15) is 4.79 Å². The third-order valence-corrected chi connectivity index (χ3v) is 4.69. The SMILES string of the molecule is O=C(N/N=C\c1ccc(Br)cc1)c1ccccc1OCc1cccc(Br)c1. The fourth-order valence-electron chi connectivity index (χ4n) is 2.34. The maximum absolute atomic E-state index is 12.5. The number of carbonyl (C=O) groups is 1. The summed E-state index contributed by atoms with van der Waals surface area (Å²) in [5.74, 6) is 0.182. The molecule has 0 spiro atoms. The van der Waals surface area contributed by atoms with Gasteiger partial charge in [-0.1, -0.05) is 68.3 Å². The van der Waals surface area contributed by atoms with Gasteiger partial charge in [-0.3, -0.25) is 4.79 Å². The van der Waals surface area contributed by atoms with Crippen molar-refractivity contribution in [1.82, 2.24) is 5.43 Å². The number of halogens is 2. The second-order valence-corrected chi connectivity index (χ2v) is 7.50. The highest BCUT2D eigenvalue weighted by Crippen LogP contribution is 2.20. The summed E-state index contributed by atoms with van der Waals surface area (Å²) in [5, 5.41) is 4.02. The van der Waals surface area contributed by atoms with Crippen molar-refractivity contribution in [2.75, 3.05) is 0 Å². The lowest BCUT2D eigenvalue weighted by Gasteiger charge is -2.10. The largest absolute Gasteiger partial charge is 0.488 e. The van der Waals surface area contributed by atoms with Gasteiger partial charge in [0.1, 0.15) is 12.4 Å². The summed E-state index contributed by atoms with van der Waals surface area (Å²) < 4.78 is 7.81. The molecular formula is C21H16Br2N2O2. The first-order valence-electron chi connectivity index (χ1n) is 8.17. The van der Waals surface area contributed by atoms with Crippen LogP contribution in [0.5, 0.6) is 5.75 Å². The maximum Gasteiger partial charge on any atom is 0.275 e. The number of rotatable bonds is 6. The summed E-state index contributed by atoms with van der Waals surface area (Å²) in [4.78, 5) is 12.5. The molecule has 4 nitrogen and oxygen atoms in total. The van der Waals surface area contributed by atoms with Crippen LogP contribution in [0.4, 0.5) is 0 Å². The third-order valence-electron chi connectivity index (χ3n) is 3.66. The first kappa shape index (κ1) is 19.3. The monoisotopic (exact) mass is 486 g/mol. The van der Waals surface area contributed by atoms with E-state index in [1.165, 1.54) is 0 Å². The Kier molecular flexibility index (Phi) is 6.79. The summed E-state index contributed by atoms with van der Waals surface area (Å²) in [5.41, 5.74) is 4.87. The molecule has 0 heterocycles. The van der Waals surface area contributed by atoms with Gasteiger partial charge < -0.3 is 4.74 Å². The molecule has 0 aromatic heterocycles. The highest BCUT2D eigenvalue weighted by atomic mass is 79.9. The Morgan fingerprint density at radius 3 is 2.52 bits per heavy atom. The van der Waals surface area contributed by atoms with Gasteiger partial charge in [-0.15, -0.1) is 0 Å². The molecule has 0 atom stereocenters. The normalized spacial score (nSPS) is 10.7. The fourth-order valence-corrected chi connectivity index (χ4v) is 3.05. The van der Waals surface area contributed by atoms with Gasteiger partial charge >= 0.3 is 0 Å². The van der Waals surface area contributed by atoms with Crippen molar-refractivity contribution in [1.29, 1.82) is 0 Å². The van der Waals surface area contributed by atoms with Crippen molar-refractivity contribution in [3.8, 4) is 5.75 Å². The Bertz CT molecular complexity index is 956. The van der Waals surface area contributed by atoms with Crippen LogP contribution in [0.15, 0.2) is 86.8 Å². The molecule has 0 saturated heterocycles. The van der Waals surface area contributed by atoms with Gasteiger partial charge in [0, 0.05) is 8.95 Å². The minimum absolute atomic E-state index is 0.326. The van der Waals surface area contributed by atoms with E-state index in [4.69, 9.17) is 4.74 Å². The molecular weight excluding hydrogens is 472 g/mol. The Balaban J connectivity index is 1.65. The number of hydrazone groups is 1. The number of nitrogens with one attached hydrogen (secondary N) is 1. The van der Waals surface area contributed by atoms with E-state index in [0.29, 0.717) is 17.9 Å². The van der Waals surface area contributed by atoms with Crippen molar-refractivity contribution < 1.29 is 9.53 Å². The van der Waals surface area contributed by atoms with Gasteiger partial charge in [-0.05, 0) is 47.5 Å². The van der Waals surface area contributed by atoms with Crippen LogP contribution in [-0.4, -0.2) is 12.1 Å². The Morgan fingerprint density at radius 2 is 1.74 bits per heavy atom. The van der Waals surface area contributed by atoms with Crippen molar-refractivity contribution in [2.24, 2.45) is 5.10 Å². The zero-order chi connectivity index (χ0) is 19.1. The van der Waals surface area contributed by atoms with Crippen LogP contribution in [0.25, 0.3) is 0 Å². The van der Waals surface area contributed by atoms with E-state index in [0.717, 1.165) is 20.1 Å².